The smallest absolute Gasteiger partial charge is 0.226 e. The fraction of sp³-hybridized carbons (Fsp3) is 0.647. The van der Waals surface area contributed by atoms with E-state index in [0.29, 0.717) is 19.4 Å². The van der Waals surface area contributed by atoms with Crippen LogP contribution in [-0.4, -0.2) is 46.8 Å². The van der Waals surface area contributed by atoms with Crippen molar-refractivity contribution in [2.24, 2.45) is 5.92 Å². The van der Waals surface area contributed by atoms with E-state index in [0.717, 1.165) is 25.1 Å². The lowest BCUT2D eigenvalue weighted by molar-refractivity contribution is -0.141. The van der Waals surface area contributed by atoms with Gasteiger partial charge in [0.05, 0.1) is 24.4 Å². The molecule has 22 heavy (non-hydrogen) atoms. The number of amides is 1. The molecule has 0 saturated heterocycles. The summed E-state index contributed by atoms with van der Waals surface area (Å²) in [5.74, 6) is 0.0880. The molecule has 1 aromatic rings. The molecule has 0 bridgehead atoms. The number of aliphatic hydroxyl groups excluding tert-OH is 1. The molecule has 3 atom stereocenters. The second kappa shape index (κ2) is 8.25. The van der Waals surface area contributed by atoms with E-state index in [9.17, 15) is 9.90 Å². The predicted molar refractivity (Wildman–Crippen MR) is 84.1 cm³/mol. The summed E-state index contributed by atoms with van der Waals surface area (Å²) in [6, 6.07) is 5.76. The van der Waals surface area contributed by atoms with Crippen LogP contribution in [0.4, 0.5) is 0 Å². The minimum atomic E-state index is -0.454. The molecular weight excluding hydrogens is 280 g/mol. The van der Waals surface area contributed by atoms with Gasteiger partial charge >= 0.3 is 0 Å². The van der Waals surface area contributed by atoms with Crippen LogP contribution in [0.3, 0.4) is 0 Å². The number of hydrogen-bond donors (Lipinski definition) is 1. The zero-order chi connectivity index (χ0) is 15.9. The van der Waals surface area contributed by atoms with Gasteiger partial charge in [0.1, 0.15) is 0 Å². The Kier molecular flexibility index (Phi) is 6.34. The minimum Gasteiger partial charge on any atom is -0.390 e. The molecule has 1 amide bonds. The van der Waals surface area contributed by atoms with E-state index in [-0.39, 0.29) is 17.9 Å². The van der Waals surface area contributed by atoms with E-state index >= 15 is 0 Å². The van der Waals surface area contributed by atoms with Gasteiger partial charge < -0.3 is 14.7 Å². The number of carbonyl (C=O) groups excluding carboxylic acids is 1. The third kappa shape index (κ3) is 4.27. The normalized spacial score (nSPS) is 25.0. The molecule has 2 rings (SSSR count). The van der Waals surface area contributed by atoms with Crippen molar-refractivity contribution in [3.8, 4) is 0 Å². The predicted octanol–water partition coefficient (Wildman–Crippen LogP) is 2.00. The van der Waals surface area contributed by atoms with Gasteiger partial charge in [-0.2, -0.15) is 0 Å². The first-order valence-corrected chi connectivity index (χ1v) is 8.05. The van der Waals surface area contributed by atoms with Crippen LogP contribution in [0.2, 0.25) is 0 Å². The van der Waals surface area contributed by atoms with Crippen molar-refractivity contribution in [3.05, 3.63) is 30.1 Å². The summed E-state index contributed by atoms with van der Waals surface area (Å²) in [6.45, 7) is 3.34. The van der Waals surface area contributed by atoms with Crippen molar-refractivity contribution in [1.29, 1.82) is 0 Å². The fourth-order valence-electron chi connectivity index (χ4n) is 3.07. The lowest BCUT2D eigenvalue weighted by Gasteiger charge is -2.34. The highest BCUT2D eigenvalue weighted by atomic mass is 16.5. The maximum Gasteiger partial charge on any atom is 0.226 e. The number of ether oxygens (including phenoxy) is 1. The number of rotatable bonds is 6. The van der Waals surface area contributed by atoms with E-state index < -0.39 is 6.10 Å². The van der Waals surface area contributed by atoms with Gasteiger partial charge in [0, 0.05) is 25.8 Å². The van der Waals surface area contributed by atoms with Crippen LogP contribution < -0.4 is 0 Å². The third-order valence-corrected chi connectivity index (χ3v) is 4.29. The summed E-state index contributed by atoms with van der Waals surface area (Å²) in [5.41, 5.74) is 0.906. The SMILES string of the molecule is CCCN(Cc1ccccn1)C(=O)[C@@H]1CC[C@H](O)[C@H](OC)C1. The molecule has 1 saturated carbocycles. The topological polar surface area (TPSA) is 62.7 Å². The number of hydrogen-bond acceptors (Lipinski definition) is 4. The van der Waals surface area contributed by atoms with Gasteiger partial charge in [-0.15, -0.1) is 0 Å². The first-order chi connectivity index (χ1) is 10.7. The molecule has 1 aliphatic carbocycles. The zero-order valence-corrected chi connectivity index (χ0v) is 13.4. The quantitative estimate of drug-likeness (QED) is 0.873. The van der Waals surface area contributed by atoms with Crippen molar-refractivity contribution in [2.45, 2.75) is 51.4 Å². The Balaban J connectivity index is 2.03. The molecule has 122 valence electrons. The van der Waals surface area contributed by atoms with Crippen LogP contribution in [0.15, 0.2) is 24.4 Å². The Bertz CT molecular complexity index is 466. The molecule has 0 radical (unpaired) electrons. The van der Waals surface area contributed by atoms with Crippen molar-refractivity contribution in [2.75, 3.05) is 13.7 Å². The van der Waals surface area contributed by atoms with Gasteiger partial charge in [-0.3, -0.25) is 9.78 Å². The summed E-state index contributed by atoms with van der Waals surface area (Å²) in [7, 11) is 1.60. The fourth-order valence-corrected chi connectivity index (χ4v) is 3.07. The Hall–Kier alpha value is -1.46. The highest BCUT2D eigenvalue weighted by Gasteiger charge is 2.34. The van der Waals surface area contributed by atoms with Crippen LogP contribution in [0.25, 0.3) is 0 Å². The minimum absolute atomic E-state index is 0.0661. The van der Waals surface area contributed by atoms with E-state index in [1.165, 1.54) is 0 Å². The Morgan fingerprint density at radius 3 is 2.91 bits per heavy atom. The Morgan fingerprint density at radius 1 is 1.45 bits per heavy atom. The van der Waals surface area contributed by atoms with E-state index in [1.807, 2.05) is 23.1 Å². The molecule has 1 fully saturated rings. The second-order valence-corrected chi connectivity index (χ2v) is 5.93. The standard InChI is InChI=1S/C17H26N2O3/c1-3-10-19(12-14-6-4-5-9-18-14)17(21)13-7-8-15(20)16(11-13)22-2/h4-6,9,13,15-16,20H,3,7-8,10-12H2,1-2H3/t13-,15+,16-/m1/s1. The number of nitrogens with zero attached hydrogens (tertiary/aromatic N) is 2. The number of aliphatic hydroxyl groups is 1. The second-order valence-electron chi connectivity index (χ2n) is 5.93. The van der Waals surface area contributed by atoms with Crippen LogP contribution in [0.5, 0.6) is 0 Å². The Morgan fingerprint density at radius 2 is 2.27 bits per heavy atom. The molecule has 0 unspecified atom stereocenters. The number of carbonyl (C=O) groups is 1. The molecule has 1 aromatic heterocycles. The molecule has 0 spiro atoms. The van der Waals surface area contributed by atoms with Gasteiger partial charge in [-0.05, 0) is 37.8 Å². The van der Waals surface area contributed by atoms with Gasteiger partial charge in [0.25, 0.3) is 0 Å². The summed E-state index contributed by atoms with van der Waals surface area (Å²) < 4.78 is 5.31. The first kappa shape index (κ1) is 16.9. The molecular formula is C17H26N2O3. The van der Waals surface area contributed by atoms with Crippen LogP contribution in [0, 0.1) is 5.92 Å². The van der Waals surface area contributed by atoms with Crippen LogP contribution in [0.1, 0.15) is 38.3 Å². The van der Waals surface area contributed by atoms with Gasteiger partial charge in [0.15, 0.2) is 0 Å². The van der Waals surface area contributed by atoms with Gasteiger partial charge in [0.2, 0.25) is 5.91 Å². The summed E-state index contributed by atoms with van der Waals surface area (Å²) in [4.78, 5) is 19.0. The molecule has 0 aliphatic heterocycles. The van der Waals surface area contributed by atoms with E-state index in [4.69, 9.17) is 4.74 Å². The Labute approximate surface area is 132 Å². The number of pyridine rings is 1. The zero-order valence-electron chi connectivity index (χ0n) is 13.4. The van der Waals surface area contributed by atoms with Crippen LogP contribution >= 0.6 is 0 Å². The van der Waals surface area contributed by atoms with Crippen LogP contribution in [-0.2, 0) is 16.1 Å². The number of methoxy groups -OCH3 is 1. The molecule has 1 N–H and O–H groups in total. The molecule has 5 heteroatoms. The van der Waals surface area contributed by atoms with Crippen molar-refractivity contribution in [3.63, 3.8) is 0 Å². The van der Waals surface area contributed by atoms with Gasteiger partial charge in [-0.1, -0.05) is 13.0 Å². The summed E-state index contributed by atoms with van der Waals surface area (Å²) >= 11 is 0. The van der Waals surface area contributed by atoms with Crippen molar-refractivity contribution < 1.29 is 14.6 Å². The summed E-state index contributed by atoms with van der Waals surface area (Å²) in [6.07, 6.45) is 3.92. The highest BCUT2D eigenvalue weighted by molar-refractivity contribution is 5.79. The molecule has 1 heterocycles. The van der Waals surface area contributed by atoms with E-state index in [1.54, 1.807) is 13.3 Å². The third-order valence-electron chi connectivity index (χ3n) is 4.29. The average molecular weight is 306 g/mol. The van der Waals surface area contributed by atoms with E-state index in [2.05, 4.69) is 11.9 Å². The number of aromatic nitrogens is 1. The highest BCUT2D eigenvalue weighted by Crippen LogP contribution is 2.28. The first-order valence-electron chi connectivity index (χ1n) is 8.05. The average Bonchev–Trinajstić information content (AvgIpc) is 2.55. The largest absolute Gasteiger partial charge is 0.390 e. The van der Waals surface area contributed by atoms with Gasteiger partial charge in [-0.25, -0.2) is 0 Å². The van der Waals surface area contributed by atoms with Crippen molar-refractivity contribution >= 4 is 5.91 Å². The lowest BCUT2D eigenvalue weighted by atomic mass is 9.84. The lowest BCUT2D eigenvalue weighted by Crippen LogP contribution is -2.43. The maximum atomic E-state index is 12.8. The summed E-state index contributed by atoms with van der Waals surface area (Å²) in [5, 5.41) is 9.89. The molecule has 5 nitrogen and oxygen atoms in total. The van der Waals surface area contributed by atoms with Crippen molar-refractivity contribution in [1.82, 2.24) is 9.88 Å². The maximum absolute atomic E-state index is 12.8. The monoisotopic (exact) mass is 306 g/mol. The molecule has 1 aliphatic rings. The molecule has 0 aromatic carbocycles.